The molecule has 2 nitrogen and oxygen atoms in total. The molecule has 74 valence electrons. The fourth-order valence-corrected chi connectivity index (χ4v) is 1.93. The van der Waals surface area contributed by atoms with Gasteiger partial charge in [-0.25, -0.2) is 0 Å². The van der Waals surface area contributed by atoms with Gasteiger partial charge in [0.1, 0.15) is 0 Å². The number of rotatable bonds is 3. The lowest BCUT2D eigenvalue weighted by Gasteiger charge is -1.96. The highest BCUT2D eigenvalue weighted by Crippen LogP contribution is 2.25. The number of fused-ring (bicyclic) bond motifs is 1. The summed E-state index contributed by atoms with van der Waals surface area (Å²) in [6.07, 6.45) is 4.25. The molecule has 0 amide bonds. The Balaban J connectivity index is 2.42. The number of aromatic amines is 1. The van der Waals surface area contributed by atoms with E-state index in [1.165, 1.54) is 10.9 Å². The van der Waals surface area contributed by atoms with Crippen LogP contribution in [0.4, 0.5) is 0 Å². The molecule has 0 bridgehead atoms. The molecule has 2 aromatic rings. The van der Waals surface area contributed by atoms with Gasteiger partial charge in [0, 0.05) is 18.0 Å². The smallest absolute Gasteiger partial charge is 0.0743 e. The highest BCUT2D eigenvalue weighted by Gasteiger charge is 2.05. The fourth-order valence-electron chi connectivity index (χ4n) is 1.70. The van der Waals surface area contributed by atoms with Crippen LogP contribution in [0.15, 0.2) is 24.4 Å². The Hall–Kier alpha value is -0.990. The van der Waals surface area contributed by atoms with Crippen LogP contribution in [0.5, 0.6) is 0 Å². The summed E-state index contributed by atoms with van der Waals surface area (Å²) >= 11 is 6.06. The van der Waals surface area contributed by atoms with Crippen molar-refractivity contribution >= 4 is 22.5 Å². The number of quaternary nitrogens is 1. The molecule has 0 spiro atoms. The molecular weight excluding hydrogens is 196 g/mol. The van der Waals surface area contributed by atoms with Crippen molar-refractivity contribution in [3.05, 3.63) is 35.0 Å². The zero-order chi connectivity index (χ0) is 9.97. The van der Waals surface area contributed by atoms with Gasteiger partial charge in [0.25, 0.3) is 0 Å². The molecule has 1 aromatic carbocycles. The van der Waals surface area contributed by atoms with Gasteiger partial charge in [-0.15, -0.1) is 0 Å². The predicted molar refractivity (Wildman–Crippen MR) is 59.4 cm³/mol. The molecule has 0 atom stereocenters. The van der Waals surface area contributed by atoms with Crippen LogP contribution in [-0.4, -0.2) is 11.5 Å². The van der Waals surface area contributed by atoms with Gasteiger partial charge in [-0.05, 0) is 18.1 Å². The topological polar surface area (TPSA) is 43.4 Å². The van der Waals surface area contributed by atoms with Crippen LogP contribution in [0.2, 0.25) is 5.02 Å². The first kappa shape index (κ1) is 9.56. The van der Waals surface area contributed by atoms with Crippen molar-refractivity contribution in [3.63, 3.8) is 0 Å². The van der Waals surface area contributed by atoms with E-state index >= 15 is 0 Å². The first-order valence-corrected chi connectivity index (χ1v) is 5.24. The normalized spacial score (nSPS) is 11.0. The number of hydrogen-bond donors (Lipinski definition) is 2. The number of halogens is 1. The van der Waals surface area contributed by atoms with Gasteiger partial charge in [0.2, 0.25) is 0 Å². The van der Waals surface area contributed by atoms with Crippen LogP contribution >= 0.6 is 11.6 Å². The molecule has 0 aliphatic carbocycles. The van der Waals surface area contributed by atoms with Crippen molar-refractivity contribution in [1.82, 2.24) is 4.98 Å². The molecule has 0 radical (unpaired) electrons. The maximum atomic E-state index is 6.06. The maximum Gasteiger partial charge on any atom is 0.0743 e. The van der Waals surface area contributed by atoms with Gasteiger partial charge in [-0.2, -0.15) is 0 Å². The lowest BCUT2D eigenvalue weighted by Crippen LogP contribution is -2.50. The Kier molecular flexibility index (Phi) is 2.75. The third-order valence-corrected chi connectivity index (χ3v) is 2.76. The van der Waals surface area contributed by atoms with Crippen LogP contribution in [0.3, 0.4) is 0 Å². The summed E-state index contributed by atoms with van der Waals surface area (Å²) < 4.78 is 0. The molecule has 2 rings (SSSR count). The number of aromatic nitrogens is 1. The van der Waals surface area contributed by atoms with E-state index in [0.29, 0.717) is 0 Å². The molecule has 4 N–H and O–H groups in total. The Morgan fingerprint density at radius 2 is 2.21 bits per heavy atom. The second-order valence-electron chi connectivity index (χ2n) is 3.43. The average molecular weight is 210 g/mol. The fraction of sp³-hybridized carbons (Fsp3) is 0.273. The second-order valence-corrected chi connectivity index (χ2v) is 3.84. The van der Waals surface area contributed by atoms with Crippen LogP contribution in [0.1, 0.15) is 12.0 Å². The van der Waals surface area contributed by atoms with E-state index in [2.05, 4.69) is 16.8 Å². The Morgan fingerprint density at radius 3 is 3.00 bits per heavy atom. The summed E-state index contributed by atoms with van der Waals surface area (Å²) in [5, 5.41) is 2.04. The second kappa shape index (κ2) is 4.03. The molecule has 0 aliphatic heterocycles. The predicted octanol–water partition coefficient (Wildman–Crippen LogP) is 2.00. The Labute approximate surface area is 88.1 Å². The molecule has 0 fully saturated rings. The molecule has 0 saturated carbocycles. The minimum absolute atomic E-state index is 0.795. The van der Waals surface area contributed by atoms with Crippen molar-refractivity contribution in [3.8, 4) is 0 Å². The number of benzene rings is 1. The minimum atomic E-state index is 0.795. The SMILES string of the molecule is [NH3+]CCCc1c[nH]c2c(Cl)cccc12. The first-order chi connectivity index (χ1) is 6.83. The van der Waals surface area contributed by atoms with Crippen molar-refractivity contribution in [2.45, 2.75) is 12.8 Å². The number of H-pyrrole nitrogens is 1. The van der Waals surface area contributed by atoms with E-state index in [1.807, 2.05) is 18.3 Å². The summed E-state index contributed by atoms with van der Waals surface area (Å²) in [5.74, 6) is 0. The standard InChI is InChI=1S/C11H13ClN2/c12-10-5-1-4-9-8(3-2-6-13)7-14-11(9)10/h1,4-5,7,14H,2-3,6,13H2/p+1. The molecule has 14 heavy (non-hydrogen) atoms. The number of para-hydroxylation sites is 1. The molecule has 0 unspecified atom stereocenters. The molecule has 1 aromatic heterocycles. The third-order valence-electron chi connectivity index (χ3n) is 2.45. The van der Waals surface area contributed by atoms with Crippen molar-refractivity contribution in [1.29, 1.82) is 0 Å². The van der Waals surface area contributed by atoms with Gasteiger partial charge in [0.05, 0.1) is 17.1 Å². The number of hydrogen-bond acceptors (Lipinski definition) is 0. The Bertz CT molecular complexity index is 434. The van der Waals surface area contributed by atoms with E-state index in [1.54, 1.807) is 0 Å². The van der Waals surface area contributed by atoms with Gasteiger partial charge in [0.15, 0.2) is 0 Å². The number of aryl methyl sites for hydroxylation is 1. The molecule has 1 heterocycles. The molecule has 0 aliphatic rings. The van der Waals surface area contributed by atoms with Gasteiger partial charge in [-0.3, -0.25) is 0 Å². The summed E-state index contributed by atoms with van der Waals surface area (Å²) in [6.45, 7) is 0.979. The largest absolute Gasteiger partial charge is 0.360 e. The summed E-state index contributed by atoms with van der Waals surface area (Å²) in [6, 6.07) is 6.01. The summed E-state index contributed by atoms with van der Waals surface area (Å²) in [4.78, 5) is 3.21. The van der Waals surface area contributed by atoms with Gasteiger partial charge >= 0.3 is 0 Å². The molecule has 0 saturated heterocycles. The van der Waals surface area contributed by atoms with Crippen LogP contribution < -0.4 is 5.73 Å². The monoisotopic (exact) mass is 209 g/mol. The van der Waals surface area contributed by atoms with E-state index in [0.717, 1.165) is 29.9 Å². The quantitative estimate of drug-likeness (QED) is 0.777. The average Bonchev–Trinajstić information content (AvgIpc) is 2.60. The lowest BCUT2D eigenvalue weighted by atomic mass is 10.1. The van der Waals surface area contributed by atoms with Gasteiger partial charge < -0.3 is 10.7 Å². The van der Waals surface area contributed by atoms with E-state index in [4.69, 9.17) is 11.6 Å². The highest BCUT2D eigenvalue weighted by atomic mass is 35.5. The van der Waals surface area contributed by atoms with E-state index < -0.39 is 0 Å². The highest BCUT2D eigenvalue weighted by molar-refractivity contribution is 6.35. The zero-order valence-electron chi connectivity index (χ0n) is 8.02. The first-order valence-electron chi connectivity index (χ1n) is 4.86. The molecule has 3 heteroatoms. The van der Waals surface area contributed by atoms with E-state index in [9.17, 15) is 0 Å². The van der Waals surface area contributed by atoms with Crippen LogP contribution in [-0.2, 0) is 6.42 Å². The minimum Gasteiger partial charge on any atom is -0.360 e. The van der Waals surface area contributed by atoms with Crippen molar-refractivity contribution < 1.29 is 5.73 Å². The maximum absolute atomic E-state index is 6.06. The van der Waals surface area contributed by atoms with Crippen molar-refractivity contribution in [2.75, 3.05) is 6.54 Å². The van der Waals surface area contributed by atoms with E-state index in [-0.39, 0.29) is 0 Å². The Morgan fingerprint density at radius 1 is 1.36 bits per heavy atom. The summed E-state index contributed by atoms with van der Waals surface area (Å²) in [5.41, 5.74) is 6.23. The summed E-state index contributed by atoms with van der Waals surface area (Å²) in [7, 11) is 0. The third kappa shape index (κ3) is 1.63. The lowest BCUT2D eigenvalue weighted by molar-refractivity contribution is -0.368. The molecular formula is C11H14ClN2+. The van der Waals surface area contributed by atoms with Crippen LogP contribution in [0.25, 0.3) is 10.9 Å². The van der Waals surface area contributed by atoms with Gasteiger partial charge in [-0.1, -0.05) is 23.7 Å². The van der Waals surface area contributed by atoms with Crippen molar-refractivity contribution in [2.24, 2.45) is 0 Å². The van der Waals surface area contributed by atoms with Crippen LogP contribution in [0, 0.1) is 0 Å². The number of nitrogens with one attached hydrogen (secondary N) is 1. The zero-order valence-corrected chi connectivity index (χ0v) is 8.77.